The highest BCUT2D eigenvalue weighted by Crippen LogP contribution is 2.22. The van der Waals surface area contributed by atoms with E-state index in [0.717, 1.165) is 11.1 Å². The van der Waals surface area contributed by atoms with Crippen LogP contribution in [0.5, 0.6) is 5.75 Å². The third-order valence-corrected chi connectivity index (χ3v) is 4.46. The van der Waals surface area contributed by atoms with Gasteiger partial charge in [-0.1, -0.05) is 19.1 Å². The molecule has 0 aromatic heterocycles. The summed E-state index contributed by atoms with van der Waals surface area (Å²) >= 11 is 0. The van der Waals surface area contributed by atoms with Crippen LogP contribution in [0.3, 0.4) is 0 Å². The van der Waals surface area contributed by atoms with Gasteiger partial charge in [-0.2, -0.15) is 0 Å². The minimum atomic E-state index is -0.611. The fraction of sp³-hybridized carbons (Fsp3) is 0.381. The number of carbonyl (C=O) groups excluding carboxylic acids is 1. The van der Waals surface area contributed by atoms with Crippen LogP contribution in [0.25, 0.3) is 0 Å². The van der Waals surface area contributed by atoms with Crippen LogP contribution in [0.4, 0.5) is 4.39 Å². The van der Waals surface area contributed by atoms with Gasteiger partial charge in [0.15, 0.2) is 6.10 Å². The first-order chi connectivity index (χ1) is 11.8. The minimum Gasteiger partial charge on any atom is -0.481 e. The van der Waals surface area contributed by atoms with Crippen molar-refractivity contribution in [1.82, 2.24) is 5.32 Å². The summed E-state index contributed by atoms with van der Waals surface area (Å²) in [4.78, 5) is 12.6. The van der Waals surface area contributed by atoms with E-state index >= 15 is 0 Å². The van der Waals surface area contributed by atoms with Gasteiger partial charge in [-0.15, -0.1) is 0 Å². The normalized spacial score (nSPS) is 13.2. The molecule has 0 radical (unpaired) electrons. The highest BCUT2D eigenvalue weighted by molar-refractivity contribution is 5.81. The van der Waals surface area contributed by atoms with E-state index in [0.29, 0.717) is 12.2 Å². The lowest BCUT2D eigenvalue weighted by Crippen LogP contribution is -2.39. The molecule has 3 nitrogen and oxygen atoms in total. The minimum absolute atomic E-state index is 0.113. The predicted molar refractivity (Wildman–Crippen MR) is 98.3 cm³/mol. The van der Waals surface area contributed by atoms with Gasteiger partial charge < -0.3 is 10.1 Å². The molecule has 0 aliphatic heterocycles. The molecular weight excluding hydrogens is 317 g/mol. The summed E-state index contributed by atoms with van der Waals surface area (Å²) in [5.74, 6) is -0.0148. The monoisotopic (exact) mass is 343 g/mol. The van der Waals surface area contributed by atoms with Gasteiger partial charge in [0.2, 0.25) is 0 Å². The number of benzene rings is 2. The van der Waals surface area contributed by atoms with Crippen molar-refractivity contribution >= 4 is 5.91 Å². The Morgan fingerprint density at radius 3 is 2.28 bits per heavy atom. The Balaban J connectivity index is 2.08. The van der Waals surface area contributed by atoms with E-state index in [-0.39, 0.29) is 17.8 Å². The molecule has 2 rings (SSSR count). The average Bonchev–Trinajstić information content (AvgIpc) is 2.57. The van der Waals surface area contributed by atoms with Crippen LogP contribution < -0.4 is 10.1 Å². The number of nitrogens with one attached hydrogen (secondary N) is 1. The van der Waals surface area contributed by atoms with Crippen LogP contribution in [0, 0.1) is 26.6 Å². The van der Waals surface area contributed by atoms with Crippen molar-refractivity contribution in [3.8, 4) is 5.75 Å². The standard InChI is InChI=1S/C21H26FNO2/c1-6-20(25-18-9-7-17(22)8-10-18)21(24)23-16(5)19-12-14(3)13(2)11-15(19)4/h7-12,16,20H,6H2,1-5H3,(H,23,24)/t16-,20-/m0/s1. The van der Waals surface area contributed by atoms with Crippen LogP contribution >= 0.6 is 0 Å². The SMILES string of the molecule is CC[C@H](Oc1ccc(F)cc1)C(=O)N[C@@H](C)c1cc(C)c(C)cc1C. The second kappa shape index (κ2) is 8.15. The first-order valence-electron chi connectivity index (χ1n) is 8.62. The van der Waals surface area contributed by atoms with E-state index in [4.69, 9.17) is 4.74 Å². The molecule has 25 heavy (non-hydrogen) atoms. The maximum absolute atomic E-state index is 13.0. The lowest BCUT2D eigenvalue weighted by molar-refractivity contribution is -0.128. The van der Waals surface area contributed by atoms with Crippen molar-refractivity contribution in [2.24, 2.45) is 0 Å². The number of aryl methyl sites for hydroxylation is 3. The van der Waals surface area contributed by atoms with Gasteiger partial charge in [0.05, 0.1) is 6.04 Å². The molecule has 0 bridgehead atoms. The first kappa shape index (κ1) is 19.0. The molecule has 0 aliphatic carbocycles. The Bertz CT molecular complexity index is 740. The Labute approximate surface area is 149 Å². The lowest BCUT2D eigenvalue weighted by atomic mass is 9.96. The molecule has 0 spiro atoms. The largest absolute Gasteiger partial charge is 0.481 e. The van der Waals surface area contributed by atoms with Crippen molar-refractivity contribution in [2.75, 3.05) is 0 Å². The number of carbonyl (C=O) groups is 1. The molecule has 0 saturated heterocycles. The zero-order valence-electron chi connectivity index (χ0n) is 15.5. The molecule has 0 saturated carbocycles. The molecule has 2 atom stereocenters. The van der Waals surface area contributed by atoms with Crippen molar-refractivity contribution in [3.05, 3.63) is 64.5 Å². The van der Waals surface area contributed by atoms with Gasteiger partial charge in [-0.05, 0) is 80.6 Å². The summed E-state index contributed by atoms with van der Waals surface area (Å²) in [5, 5.41) is 3.03. The molecule has 0 aliphatic rings. The third-order valence-electron chi connectivity index (χ3n) is 4.46. The molecule has 0 heterocycles. The van der Waals surface area contributed by atoms with E-state index < -0.39 is 6.10 Å². The van der Waals surface area contributed by atoms with Gasteiger partial charge >= 0.3 is 0 Å². The van der Waals surface area contributed by atoms with Gasteiger partial charge in [0.25, 0.3) is 5.91 Å². The Morgan fingerprint density at radius 2 is 1.68 bits per heavy atom. The first-order valence-corrected chi connectivity index (χ1v) is 8.62. The molecule has 0 fully saturated rings. The second-order valence-electron chi connectivity index (χ2n) is 6.49. The molecule has 1 N–H and O–H groups in total. The Morgan fingerprint density at radius 1 is 1.08 bits per heavy atom. The van der Waals surface area contributed by atoms with Crippen LogP contribution in [-0.2, 0) is 4.79 Å². The lowest BCUT2D eigenvalue weighted by Gasteiger charge is -2.22. The molecule has 2 aromatic rings. The second-order valence-corrected chi connectivity index (χ2v) is 6.49. The van der Waals surface area contributed by atoms with E-state index in [2.05, 4.69) is 38.2 Å². The van der Waals surface area contributed by atoms with Crippen LogP contribution in [-0.4, -0.2) is 12.0 Å². The maximum atomic E-state index is 13.0. The maximum Gasteiger partial charge on any atom is 0.261 e. The third kappa shape index (κ3) is 4.81. The van der Waals surface area contributed by atoms with Gasteiger partial charge in [0.1, 0.15) is 11.6 Å². The van der Waals surface area contributed by atoms with E-state index in [1.54, 1.807) is 0 Å². The quantitative estimate of drug-likeness (QED) is 0.819. The summed E-state index contributed by atoms with van der Waals surface area (Å²) in [5.41, 5.74) is 4.71. The topological polar surface area (TPSA) is 38.3 Å². The summed E-state index contributed by atoms with van der Waals surface area (Å²) < 4.78 is 18.7. The van der Waals surface area contributed by atoms with Crippen molar-refractivity contribution in [3.63, 3.8) is 0 Å². The summed E-state index contributed by atoms with van der Waals surface area (Å²) in [6.07, 6.45) is -0.0817. The Kier molecular flexibility index (Phi) is 6.18. The van der Waals surface area contributed by atoms with Gasteiger partial charge in [-0.25, -0.2) is 4.39 Å². The highest BCUT2D eigenvalue weighted by Gasteiger charge is 2.21. The van der Waals surface area contributed by atoms with Crippen LogP contribution in [0.1, 0.15) is 48.6 Å². The van der Waals surface area contributed by atoms with Crippen molar-refractivity contribution in [2.45, 2.75) is 53.2 Å². The molecule has 0 unspecified atom stereocenters. The number of halogens is 1. The fourth-order valence-corrected chi connectivity index (χ4v) is 2.83. The molecule has 1 amide bonds. The summed E-state index contributed by atoms with van der Waals surface area (Å²) in [7, 11) is 0. The fourth-order valence-electron chi connectivity index (χ4n) is 2.83. The van der Waals surface area contributed by atoms with E-state index in [1.807, 2.05) is 13.8 Å². The van der Waals surface area contributed by atoms with Crippen molar-refractivity contribution in [1.29, 1.82) is 0 Å². The van der Waals surface area contributed by atoms with Crippen molar-refractivity contribution < 1.29 is 13.9 Å². The predicted octanol–water partition coefficient (Wildman–Crippen LogP) is 4.79. The smallest absolute Gasteiger partial charge is 0.261 e. The Hall–Kier alpha value is -2.36. The zero-order chi connectivity index (χ0) is 18.6. The molecule has 134 valence electrons. The molecule has 2 aromatic carbocycles. The van der Waals surface area contributed by atoms with E-state index in [9.17, 15) is 9.18 Å². The van der Waals surface area contributed by atoms with E-state index in [1.165, 1.54) is 35.4 Å². The number of hydrogen-bond donors (Lipinski definition) is 1. The molecular formula is C21H26FNO2. The van der Waals surface area contributed by atoms with Crippen LogP contribution in [0.15, 0.2) is 36.4 Å². The van der Waals surface area contributed by atoms with Crippen LogP contribution in [0.2, 0.25) is 0 Å². The number of amides is 1. The highest BCUT2D eigenvalue weighted by atomic mass is 19.1. The average molecular weight is 343 g/mol. The zero-order valence-corrected chi connectivity index (χ0v) is 15.5. The number of ether oxygens (including phenoxy) is 1. The van der Waals surface area contributed by atoms with Gasteiger partial charge in [0, 0.05) is 0 Å². The molecule has 4 heteroatoms. The van der Waals surface area contributed by atoms with Gasteiger partial charge in [-0.3, -0.25) is 4.79 Å². The number of hydrogen-bond acceptors (Lipinski definition) is 2. The summed E-state index contributed by atoms with van der Waals surface area (Å²) in [6.45, 7) is 10.1. The number of rotatable bonds is 6. The summed E-state index contributed by atoms with van der Waals surface area (Å²) in [6, 6.07) is 9.85.